The van der Waals surface area contributed by atoms with Crippen molar-refractivity contribution in [3.63, 3.8) is 0 Å². The van der Waals surface area contributed by atoms with Crippen molar-refractivity contribution in [1.29, 1.82) is 0 Å². The van der Waals surface area contributed by atoms with Crippen molar-refractivity contribution in [2.24, 2.45) is 0 Å². The van der Waals surface area contributed by atoms with Gasteiger partial charge in [0.25, 0.3) is 11.8 Å². The Morgan fingerprint density at radius 1 is 1.07 bits per heavy atom. The number of amides is 2. The highest BCUT2D eigenvalue weighted by atomic mass is 16.5. The monoisotopic (exact) mass is 403 g/mol. The number of nitrogens with zero attached hydrogens (tertiary/aromatic N) is 2. The molecule has 0 bridgehead atoms. The van der Waals surface area contributed by atoms with Gasteiger partial charge in [0.15, 0.2) is 11.5 Å². The van der Waals surface area contributed by atoms with Crippen molar-refractivity contribution in [3.8, 4) is 11.5 Å². The molecule has 2 amide bonds. The fraction of sp³-hybridized carbons (Fsp3) is 0.174. The molecule has 1 aliphatic rings. The molecule has 1 aromatic heterocycles. The van der Waals surface area contributed by atoms with Crippen molar-refractivity contribution in [2.75, 3.05) is 31.0 Å². The van der Waals surface area contributed by atoms with Crippen LogP contribution in [0.1, 0.15) is 26.3 Å². The molecule has 0 spiro atoms. The largest absolute Gasteiger partial charge is 0.493 e. The molecule has 0 atom stereocenters. The van der Waals surface area contributed by atoms with Gasteiger partial charge in [-0.15, -0.1) is 0 Å². The molecule has 2 aromatic carbocycles. The molecule has 0 radical (unpaired) electrons. The van der Waals surface area contributed by atoms with E-state index in [1.807, 2.05) is 18.2 Å². The number of benzene rings is 2. The summed E-state index contributed by atoms with van der Waals surface area (Å²) in [5.41, 5.74) is 3.33. The van der Waals surface area contributed by atoms with Crippen LogP contribution in [0.15, 0.2) is 60.9 Å². The quantitative estimate of drug-likeness (QED) is 0.705. The number of ether oxygens (including phenoxy) is 2. The molecule has 2 heterocycles. The van der Waals surface area contributed by atoms with E-state index in [2.05, 4.69) is 10.3 Å². The standard InChI is InChI=1S/C23H21N3O4/c1-29-20-7-3-6-18(21(20)30-2)22(27)25-17-9-8-15-10-12-26(19(15)13-17)23(28)16-5-4-11-24-14-16/h3-9,11,13-14H,10,12H2,1-2H3,(H,25,27). The fourth-order valence-corrected chi connectivity index (χ4v) is 3.58. The third kappa shape index (κ3) is 3.57. The third-order valence-electron chi connectivity index (χ3n) is 5.04. The van der Waals surface area contributed by atoms with Gasteiger partial charge in [0.1, 0.15) is 0 Å². The third-order valence-corrected chi connectivity index (χ3v) is 5.04. The summed E-state index contributed by atoms with van der Waals surface area (Å²) in [5.74, 6) is 0.410. The lowest BCUT2D eigenvalue weighted by Gasteiger charge is -2.18. The summed E-state index contributed by atoms with van der Waals surface area (Å²) < 4.78 is 10.6. The van der Waals surface area contributed by atoms with Crippen LogP contribution in [0.3, 0.4) is 0 Å². The van der Waals surface area contributed by atoms with Gasteiger partial charge in [0.05, 0.1) is 25.3 Å². The molecule has 0 saturated carbocycles. The molecule has 0 saturated heterocycles. The maximum Gasteiger partial charge on any atom is 0.259 e. The second-order valence-electron chi connectivity index (χ2n) is 6.79. The van der Waals surface area contributed by atoms with Gasteiger partial charge in [-0.25, -0.2) is 0 Å². The first-order valence-corrected chi connectivity index (χ1v) is 9.49. The number of rotatable bonds is 5. The average molecular weight is 403 g/mol. The van der Waals surface area contributed by atoms with E-state index in [1.165, 1.54) is 14.2 Å². The SMILES string of the molecule is COc1cccc(C(=O)Nc2ccc3c(c2)N(C(=O)c2cccnc2)CC3)c1OC. The molecule has 3 aromatic rings. The van der Waals surface area contributed by atoms with E-state index in [4.69, 9.17) is 9.47 Å². The smallest absolute Gasteiger partial charge is 0.259 e. The number of nitrogens with one attached hydrogen (secondary N) is 1. The summed E-state index contributed by atoms with van der Waals surface area (Å²) >= 11 is 0. The molecule has 0 fully saturated rings. The van der Waals surface area contributed by atoms with Gasteiger partial charge in [0.2, 0.25) is 0 Å². The zero-order valence-electron chi connectivity index (χ0n) is 16.7. The Hall–Kier alpha value is -3.87. The number of hydrogen-bond donors (Lipinski definition) is 1. The summed E-state index contributed by atoms with van der Waals surface area (Å²) in [6.07, 6.45) is 3.95. The van der Waals surface area contributed by atoms with Crippen molar-refractivity contribution < 1.29 is 19.1 Å². The van der Waals surface area contributed by atoms with Crippen molar-refractivity contribution in [2.45, 2.75) is 6.42 Å². The van der Waals surface area contributed by atoms with Crippen LogP contribution < -0.4 is 19.7 Å². The molecule has 4 rings (SSSR count). The van der Waals surface area contributed by atoms with Crippen molar-refractivity contribution in [3.05, 3.63) is 77.6 Å². The highest BCUT2D eigenvalue weighted by molar-refractivity contribution is 6.09. The van der Waals surface area contributed by atoms with E-state index in [1.54, 1.807) is 47.6 Å². The van der Waals surface area contributed by atoms with Crippen LogP contribution >= 0.6 is 0 Å². The number of aromatic nitrogens is 1. The van der Waals surface area contributed by atoms with Crippen LogP contribution in [0.4, 0.5) is 11.4 Å². The highest BCUT2D eigenvalue weighted by Gasteiger charge is 2.26. The molecule has 1 aliphatic heterocycles. The fourth-order valence-electron chi connectivity index (χ4n) is 3.58. The molecular formula is C23H21N3O4. The summed E-state index contributed by atoms with van der Waals surface area (Å²) in [6.45, 7) is 0.587. The van der Waals surface area contributed by atoms with Gasteiger partial charge in [-0.3, -0.25) is 14.6 Å². The molecule has 30 heavy (non-hydrogen) atoms. The Morgan fingerprint density at radius 3 is 2.67 bits per heavy atom. The predicted molar refractivity (Wildman–Crippen MR) is 114 cm³/mol. The van der Waals surface area contributed by atoms with Crippen LogP contribution in [-0.2, 0) is 6.42 Å². The second kappa shape index (κ2) is 8.24. The van der Waals surface area contributed by atoms with Gasteiger partial charge in [-0.2, -0.15) is 0 Å². The minimum Gasteiger partial charge on any atom is -0.493 e. The number of fused-ring (bicyclic) bond motifs is 1. The molecule has 7 nitrogen and oxygen atoms in total. The second-order valence-corrected chi connectivity index (χ2v) is 6.79. The first-order valence-electron chi connectivity index (χ1n) is 9.49. The Morgan fingerprint density at radius 2 is 1.93 bits per heavy atom. The number of carbonyl (C=O) groups excluding carboxylic acids is 2. The van der Waals surface area contributed by atoms with Crippen LogP contribution in [-0.4, -0.2) is 37.6 Å². The zero-order chi connectivity index (χ0) is 21.1. The predicted octanol–water partition coefficient (Wildman–Crippen LogP) is 3.55. The molecule has 7 heteroatoms. The highest BCUT2D eigenvalue weighted by Crippen LogP contribution is 2.34. The number of para-hydroxylation sites is 1. The zero-order valence-corrected chi connectivity index (χ0v) is 16.7. The van der Waals surface area contributed by atoms with Crippen molar-refractivity contribution >= 4 is 23.2 Å². The van der Waals surface area contributed by atoms with E-state index in [-0.39, 0.29) is 11.8 Å². The lowest BCUT2D eigenvalue weighted by Crippen LogP contribution is -2.29. The van der Waals surface area contributed by atoms with Gasteiger partial charge in [0, 0.05) is 30.3 Å². The van der Waals surface area contributed by atoms with Crippen LogP contribution in [0.2, 0.25) is 0 Å². The topological polar surface area (TPSA) is 80.8 Å². The summed E-state index contributed by atoms with van der Waals surface area (Å²) in [5, 5.41) is 2.89. The van der Waals surface area contributed by atoms with Crippen molar-refractivity contribution in [1.82, 2.24) is 4.98 Å². The van der Waals surface area contributed by atoms with Crippen LogP contribution in [0.5, 0.6) is 11.5 Å². The van der Waals surface area contributed by atoms with Crippen LogP contribution in [0.25, 0.3) is 0 Å². The van der Waals surface area contributed by atoms with Crippen LogP contribution in [0, 0.1) is 0 Å². The molecule has 152 valence electrons. The Kier molecular flexibility index (Phi) is 5.34. The maximum absolute atomic E-state index is 12.9. The maximum atomic E-state index is 12.9. The first-order chi connectivity index (χ1) is 14.6. The van der Waals surface area contributed by atoms with Gasteiger partial charge < -0.3 is 19.7 Å². The number of methoxy groups -OCH3 is 2. The summed E-state index contributed by atoms with van der Waals surface area (Å²) in [6, 6.07) is 14.2. The Labute approximate surface area is 174 Å². The first kappa shape index (κ1) is 19.4. The Bertz CT molecular complexity index is 1100. The van der Waals surface area contributed by atoms with E-state index < -0.39 is 0 Å². The summed E-state index contributed by atoms with van der Waals surface area (Å²) in [4.78, 5) is 31.5. The lowest BCUT2D eigenvalue weighted by atomic mass is 10.1. The molecular weight excluding hydrogens is 382 g/mol. The van der Waals surface area contributed by atoms with E-state index in [0.29, 0.717) is 34.9 Å². The Balaban J connectivity index is 1.60. The van der Waals surface area contributed by atoms with Gasteiger partial charge in [-0.05, 0) is 48.4 Å². The number of pyridine rings is 1. The molecule has 1 N–H and O–H groups in total. The normalized spacial score (nSPS) is 12.3. The average Bonchev–Trinajstić information content (AvgIpc) is 3.21. The minimum atomic E-state index is -0.325. The number of hydrogen-bond acceptors (Lipinski definition) is 5. The van der Waals surface area contributed by atoms with E-state index >= 15 is 0 Å². The summed E-state index contributed by atoms with van der Waals surface area (Å²) in [7, 11) is 3.01. The minimum absolute atomic E-state index is 0.111. The number of carbonyl (C=O) groups is 2. The van der Waals surface area contributed by atoms with E-state index in [9.17, 15) is 9.59 Å². The van der Waals surface area contributed by atoms with Gasteiger partial charge in [-0.1, -0.05) is 12.1 Å². The van der Waals surface area contributed by atoms with Gasteiger partial charge >= 0.3 is 0 Å². The lowest BCUT2D eigenvalue weighted by molar-refractivity contribution is 0.0987. The van der Waals surface area contributed by atoms with E-state index in [0.717, 1.165) is 17.7 Å². The molecule has 0 aliphatic carbocycles. The molecule has 0 unspecified atom stereocenters. The number of anilines is 2.